The summed E-state index contributed by atoms with van der Waals surface area (Å²) < 4.78 is 41.2. The third-order valence-electron chi connectivity index (χ3n) is 3.15. The van der Waals surface area contributed by atoms with Gasteiger partial charge in [0.2, 0.25) is 0 Å². The maximum Gasteiger partial charge on any atom is 0.416 e. The highest BCUT2D eigenvalue weighted by Gasteiger charge is 2.30. The molecule has 114 valence electrons. The van der Waals surface area contributed by atoms with E-state index in [2.05, 4.69) is 21.0 Å². The largest absolute Gasteiger partial charge is 0.416 e. The van der Waals surface area contributed by atoms with Crippen LogP contribution in [-0.2, 0) is 12.7 Å². The minimum absolute atomic E-state index is 0.0309. The zero-order valence-corrected chi connectivity index (χ0v) is 12.6. The maximum atomic E-state index is 12.7. The number of halogens is 4. The van der Waals surface area contributed by atoms with E-state index in [1.807, 2.05) is 0 Å². The normalized spacial score (nSPS) is 12.0. The Morgan fingerprint density at radius 3 is 2.64 bits per heavy atom. The van der Waals surface area contributed by atoms with Gasteiger partial charge in [0, 0.05) is 6.20 Å². The highest BCUT2D eigenvalue weighted by molar-refractivity contribution is 9.10. The fraction of sp³-hybridized carbons (Fsp3) is 0.143. The van der Waals surface area contributed by atoms with E-state index in [1.165, 1.54) is 16.5 Å². The number of alkyl halides is 3. The van der Waals surface area contributed by atoms with E-state index < -0.39 is 17.4 Å². The van der Waals surface area contributed by atoms with Crippen molar-refractivity contribution in [3.63, 3.8) is 0 Å². The van der Waals surface area contributed by atoms with Crippen molar-refractivity contribution in [1.82, 2.24) is 14.2 Å². The lowest BCUT2D eigenvalue weighted by atomic mass is 10.1. The smallest absolute Gasteiger partial charge is 0.249 e. The van der Waals surface area contributed by atoms with Crippen LogP contribution in [0, 0.1) is 0 Å². The van der Waals surface area contributed by atoms with E-state index >= 15 is 0 Å². The van der Waals surface area contributed by atoms with Crippen molar-refractivity contribution < 1.29 is 13.2 Å². The van der Waals surface area contributed by atoms with Crippen LogP contribution in [0.15, 0.2) is 51.9 Å². The Hall–Kier alpha value is -2.09. The molecule has 3 rings (SSSR count). The minimum atomic E-state index is -4.41. The van der Waals surface area contributed by atoms with E-state index in [0.717, 1.165) is 16.8 Å². The Kier molecular flexibility index (Phi) is 3.56. The Balaban J connectivity index is 2.02. The van der Waals surface area contributed by atoms with Gasteiger partial charge in [-0.1, -0.05) is 12.1 Å². The van der Waals surface area contributed by atoms with Crippen LogP contribution in [0.4, 0.5) is 13.2 Å². The Morgan fingerprint density at radius 1 is 1.18 bits per heavy atom. The zero-order valence-electron chi connectivity index (χ0n) is 11.0. The molecule has 0 unspecified atom stereocenters. The summed E-state index contributed by atoms with van der Waals surface area (Å²) in [6.45, 7) is -0.0309. The fourth-order valence-corrected chi connectivity index (χ4v) is 2.55. The minimum Gasteiger partial charge on any atom is -0.249 e. The fourth-order valence-electron chi connectivity index (χ4n) is 2.13. The molecule has 2 aromatic heterocycles. The SMILES string of the molecule is O=c1n(Cc2cccc(C(F)(F)F)c2)nc2c(Br)cccn12. The van der Waals surface area contributed by atoms with Crippen LogP contribution in [-0.4, -0.2) is 14.2 Å². The van der Waals surface area contributed by atoms with Crippen molar-refractivity contribution in [3.05, 3.63) is 68.7 Å². The van der Waals surface area contributed by atoms with Gasteiger partial charge in [-0.15, -0.1) is 5.10 Å². The first kappa shape index (κ1) is 14.8. The van der Waals surface area contributed by atoms with Crippen molar-refractivity contribution >= 4 is 21.6 Å². The molecule has 0 radical (unpaired) electrons. The van der Waals surface area contributed by atoms with Crippen molar-refractivity contribution in [2.75, 3.05) is 0 Å². The molecule has 4 nitrogen and oxygen atoms in total. The van der Waals surface area contributed by atoms with Gasteiger partial charge in [0.05, 0.1) is 16.6 Å². The predicted molar refractivity (Wildman–Crippen MR) is 77.7 cm³/mol. The summed E-state index contributed by atoms with van der Waals surface area (Å²) in [4.78, 5) is 12.2. The average Bonchev–Trinajstić information content (AvgIpc) is 2.77. The molecule has 0 bridgehead atoms. The summed E-state index contributed by atoms with van der Waals surface area (Å²) in [5, 5.41) is 4.14. The summed E-state index contributed by atoms with van der Waals surface area (Å²) in [6.07, 6.45) is -2.86. The zero-order chi connectivity index (χ0) is 15.9. The molecule has 0 spiro atoms. The quantitative estimate of drug-likeness (QED) is 0.693. The molecule has 0 aliphatic carbocycles. The van der Waals surface area contributed by atoms with Gasteiger partial charge < -0.3 is 0 Å². The van der Waals surface area contributed by atoms with Crippen LogP contribution in [0.25, 0.3) is 5.65 Å². The van der Waals surface area contributed by atoms with Crippen molar-refractivity contribution in [2.45, 2.75) is 12.7 Å². The number of pyridine rings is 1. The highest BCUT2D eigenvalue weighted by Crippen LogP contribution is 2.29. The monoisotopic (exact) mass is 371 g/mol. The Morgan fingerprint density at radius 2 is 1.95 bits per heavy atom. The van der Waals surface area contributed by atoms with Crippen LogP contribution in [0.3, 0.4) is 0 Å². The van der Waals surface area contributed by atoms with Crippen molar-refractivity contribution in [1.29, 1.82) is 0 Å². The number of hydrogen-bond acceptors (Lipinski definition) is 2. The van der Waals surface area contributed by atoms with Gasteiger partial charge >= 0.3 is 11.9 Å². The number of hydrogen-bond donors (Lipinski definition) is 0. The number of nitrogens with zero attached hydrogens (tertiary/aromatic N) is 3. The second-order valence-electron chi connectivity index (χ2n) is 4.69. The molecule has 0 aliphatic heterocycles. The molecule has 0 fully saturated rings. The Bertz CT molecular complexity index is 898. The van der Waals surface area contributed by atoms with Crippen LogP contribution < -0.4 is 5.69 Å². The van der Waals surface area contributed by atoms with E-state index in [1.54, 1.807) is 18.3 Å². The molecule has 0 atom stereocenters. The first-order valence-corrected chi connectivity index (χ1v) is 7.05. The number of rotatable bonds is 2. The summed E-state index contributed by atoms with van der Waals surface area (Å²) in [5.41, 5.74) is -0.382. The van der Waals surface area contributed by atoms with Gasteiger partial charge in [0.25, 0.3) is 0 Å². The number of fused-ring (bicyclic) bond motifs is 1. The molecule has 8 heteroatoms. The lowest BCUT2D eigenvalue weighted by Gasteiger charge is -2.08. The molecular weight excluding hydrogens is 363 g/mol. The molecular formula is C14H9BrF3N3O. The standard InChI is InChI=1S/C14H9BrF3N3O/c15-11-5-2-6-20-12(11)19-21(13(20)22)8-9-3-1-4-10(7-9)14(16,17)18/h1-7H,8H2. The first-order valence-electron chi connectivity index (χ1n) is 6.26. The molecule has 22 heavy (non-hydrogen) atoms. The van der Waals surface area contributed by atoms with Gasteiger partial charge in [0.1, 0.15) is 0 Å². The third-order valence-corrected chi connectivity index (χ3v) is 3.77. The predicted octanol–water partition coefficient (Wildman–Crippen LogP) is 3.33. The second kappa shape index (κ2) is 5.28. The lowest BCUT2D eigenvalue weighted by Crippen LogP contribution is -2.21. The summed E-state index contributed by atoms with van der Waals surface area (Å²) >= 11 is 3.28. The molecule has 0 saturated carbocycles. The van der Waals surface area contributed by atoms with Crippen LogP contribution >= 0.6 is 15.9 Å². The van der Waals surface area contributed by atoms with E-state index in [-0.39, 0.29) is 6.54 Å². The first-order chi connectivity index (χ1) is 10.4. The van der Waals surface area contributed by atoms with Crippen molar-refractivity contribution in [3.8, 4) is 0 Å². The van der Waals surface area contributed by atoms with Crippen LogP contribution in [0.5, 0.6) is 0 Å². The average molecular weight is 372 g/mol. The molecule has 0 saturated heterocycles. The Labute approximate surface area is 130 Å². The molecule has 0 N–H and O–H groups in total. The topological polar surface area (TPSA) is 39.3 Å². The van der Waals surface area contributed by atoms with E-state index in [4.69, 9.17) is 0 Å². The third kappa shape index (κ3) is 2.66. The van der Waals surface area contributed by atoms with Gasteiger partial charge in [-0.3, -0.25) is 0 Å². The van der Waals surface area contributed by atoms with E-state index in [9.17, 15) is 18.0 Å². The van der Waals surface area contributed by atoms with Gasteiger partial charge in [-0.05, 0) is 45.8 Å². The number of benzene rings is 1. The van der Waals surface area contributed by atoms with Crippen LogP contribution in [0.2, 0.25) is 0 Å². The van der Waals surface area contributed by atoms with E-state index in [0.29, 0.717) is 15.7 Å². The molecule has 3 aromatic rings. The highest BCUT2D eigenvalue weighted by atomic mass is 79.9. The van der Waals surface area contributed by atoms with Crippen LogP contribution in [0.1, 0.15) is 11.1 Å². The second-order valence-corrected chi connectivity index (χ2v) is 5.54. The van der Waals surface area contributed by atoms with Crippen molar-refractivity contribution in [2.24, 2.45) is 0 Å². The maximum absolute atomic E-state index is 12.7. The molecule has 0 aliphatic rings. The molecule has 0 amide bonds. The molecule has 1 aromatic carbocycles. The summed E-state index contributed by atoms with van der Waals surface area (Å²) in [7, 11) is 0. The summed E-state index contributed by atoms with van der Waals surface area (Å²) in [5.74, 6) is 0. The number of aromatic nitrogens is 3. The molecule has 2 heterocycles. The van der Waals surface area contributed by atoms with Gasteiger partial charge in [-0.25, -0.2) is 13.9 Å². The summed E-state index contributed by atoms with van der Waals surface area (Å²) in [6, 6.07) is 8.26. The van der Waals surface area contributed by atoms with Gasteiger partial charge in [-0.2, -0.15) is 13.2 Å². The lowest BCUT2D eigenvalue weighted by molar-refractivity contribution is -0.137. The van der Waals surface area contributed by atoms with Gasteiger partial charge in [0.15, 0.2) is 5.65 Å².